The third-order valence-corrected chi connectivity index (χ3v) is 6.61. The molecule has 0 aliphatic carbocycles. The van der Waals surface area contributed by atoms with E-state index >= 15 is 0 Å². The highest BCUT2D eigenvalue weighted by molar-refractivity contribution is 7.18. The average Bonchev–Trinajstić information content (AvgIpc) is 3.21. The minimum absolute atomic E-state index is 0.194. The Balaban J connectivity index is 1.68. The van der Waals surface area contributed by atoms with E-state index in [1.54, 1.807) is 30.3 Å². The van der Waals surface area contributed by atoms with Crippen LogP contribution in [0.1, 0.15) is 18.7 Å². The van der Waals surface area contributed by atoms with Gasteiger partial charge in [-0.1, -0.05) is 18.2 Å². The zero-order valence-corrected chi connectivity index (χ0v) is 19.7. The first kappa shape index (κ1) is 22.5. The number of carbonyl (C=O) groups excluding carboxylic acids is 1. The second-order valence-electron chi connectivity index (χ2n) is 7.69. The number of thiophene rings is 1. The molecule has 0 aliphatic heterocycles. The van der Waals surface area contributed by atoms with Crippen molar-refractivity contribution in [3.63, 3.8) is 0 Å². The first-order valence-corrected chi connectivity index (χ1v) is 11.7. The standard InChI is InChI=1S/C25H26N4O3S/c1-4-27(5-2)19-13-11-18(12-14-19)26-22(30)16-28-24-21(15-17(3)33-24)23(31)29(25(28)32)20-9-7-6-8-10-20/h6-15H,4-5,16H2,1-3H3,(H,26,30). The molecule has 0 saturated carbocycles. The molecule has 1 amide bonds. The van der Waals surface area contributed by atoms with Crippen molar-refractivity contribution in [2.24, 2.45) is 0 Å². The summed E-state index contributed by atoms with van der Waals surface area (Å²) in [5.74, 6) is -0.335. The first-order valence-electron chi connectivity index (χ1n) is 10.9. The molecular weight excluding hydrogens is 436 g/mol. The Morgan fingerprint density at radius 3 is 2.30 bits per heavy atom. The molecule has 1 N–H and O–H groups in total. The minimum atomic E-state index is -0.535. The Hall–Kier alpha value is -3.65. The Kier molecular flexibility index (Phi) is 6.46. The van der Waals surface area contributed by atoms with E-state index in [2.05, 4.69) is 24.1 Å². The van der Waals surface area contributed by atoms with Crippen molar-refractivity contribution in [1.29, 1.82) is 0 Å². The van der Waals surface area contributed by atoms with Gasteiger partial charge in [-0.05, 0) is 63.2 Å². The van der Waals surface area contributed by atoms with Crippen molar-refractivity contribution in [1.82, 2.24) is 9.13 Å². The summed E-state index contributed by atoms with van der Waals surface area (Å²) < 4.78 is 2.50. The van der Waals surface area contributed by atoms with Crippen molar-refractivity contribution in [3.05, 3.63) is 86.4 Å². The zero-order valence-electron chi connectivity index (χ0n) is 18.9. The number of rotatable bonds is 7. The van der Waals surface area contributed by atoms with Crippen molar-refractivity contribution in [2.75, 3.05) is 23.3 Å². The van der Waals surface area contributed by atoms with E-state index in [4.69, 9.17) is 0 Å². The second kappa shape index (κ2) is 9.46. The lowest BCUT2D eigenvalue weighted by Gasteiger charge is -2.21. The van der Waals surface area contributed by atoms with E-state index in [0.717, 1.165) is 28.2 Å². The Labute approximate surface area is 195 Å². The highest BCUT2D eigenvalue weighted by Gasteiger charge is 2.18. The van der Waals surface area contributed by atoms with Crippen LogP contribution in [0.15, 0.2) is 70.3 Å². The number of benzene rings is 2. The lowest BCUT2D eigenvalue weighted by Crippen LogP contribution is -2.40. The number of nitrogens with one attached hydrogen (secondary N) is 1. The summed E-state index contributed by atoms with van der Waals surface area (Å²) in [6.45, 7) is 7.68. The smallest absolute Gasteiger partial charge is 0.337 e. The quantitative estimate of drug-likeness (QED) is 0.450. The van der Waals surface area contributed by atoms with Gasteiger partial charge in [0.05, 0.1) is 11.1 Å². The van der Waals surface area contributed by atoms with Gasteiger partial charge >= 0.3 is 5.69 Å². The van der Waals surface area contributed by atoms with E-state index in [1.807, 2.05) is 37.3 Å². The lowest BCUT2D eigenvalue weighted by atomic mass is 10.2. The van der Waals surface area contributed by atoms with Crippen LogP contribution >= 0.6 is 11.3 Å². The molecular formula is C25H26N4O3S. The van der Waals surface area contributed by atoms with Crippen molar-refractivity contribution < 1.29 is 4.79 Å². The van der Waals surface area contributed by atoms with Gasteiger partial charge in [-0.3, -0.25) is 14.2 Å². The van der Waals surface area contributed by atoms with Gasteiger partial charge in [0, 0.05) is 29.3 Å². The summed E-state index contributed by atoms with van der Waals surface area (Å²) in [6.07, 6.45) is 0. The van der Waals surface area contributed by atoms with Gasteiger partial charge in [0.1, 0.15) is 11.4 Å². The zero-order chi connectivity index (χ0) is 23.5. The fraction of sp³-hybridized carbons (Fsp3) is 0.240. The van der Waals surface area contributed by atoms with Gasteiger partial charge in [0.2, 0.25) is 5.91 Å². The van der Waals surface area contributed by atoms with Gasteiger partial charge < -0.3 is 10.2 Å². The molecule has 4 aromatic rings. The lowest BCUT2D eigenvalue weighted by molar-refractivity contribution is -0.116. The van der Waals surface area contributed by atoms with E-state index in [0.29, 0.717) is 21.6 Å². The van der Waals surface area contributed by atoms with Crippen molar-refractivity contribution >= 4 is 38.8 Å². The number of amides is 1. The SMILES string of the molecule is CCN(CC)c1ccc(NC(=O)Cn2c(=O)n(-c3ccccc3)c(=O)c3cc(C)sc32)cc1. The molecule has 0 saturated heterocycles. The van der Waals surface area contributed by atoms with Gasteiger partial charge in [-0.15, -0.1) is 11.3 Å². The number of hydrogen-bond acceptors (Lipinski definition) is 5. The summed E-state index contributed by atoms with van der Waals surface area (Å²) in [6, 6.07) is 18.2. The third-order valence-electron chi connectivity index (χ3n) is 5.53. The second-order valence-corrected chi connectivity index (χ2v) is 8.92. The molecule has 0 aliphatic rings. The maximum absolute atomic E-state index is 13.3. The monoisotopic (exact) mass is 462 g/mol. The average molecular weight is 463 g/mol. The molecule has 2 aromatic carbocycles. The molecule has 0 fully saturated rings. The Bertz CT molecular complexity index is 1400. The molecule has 8 heteroatoms. The highest BCUT2D eigenvalue weighted by Crippen LogP contribution is 2.22. The van der Waals surface area contributed by atoms with Crippen LogP contribution in [0.4, 0.5) is 11.4 Å². The van der Waals surface area contributed by atoms with Crippen LogP contribution in [-0.2, 0) is 11.3 Å². The molecule has 4 rings (SSSR count). The topological polar surface area (TPSA) is 76.3 Å². The predicted molar refractivity (Wildman–Crippen MR) is 135 cm³/mol. The summed E-state index contributed by atoms with van der Waals surface area (Å²) in [5.41, 5.74) is 1.29. The number of para-hydroxylation sites is 1. The molecule has 2 aromatic heterocycles. The van der Waals surface area contributed by atoms with E-state index in [1.165, 1.54) is 15.9 Å². The number of aromatic nitrogens is 2. The fourth-order valence-electron chi connectivity index (χ4n) is 3.90. The fourth-order valence-corrected chi connectivity index (χ4v) is 4.89. The molecule has 0 spiro atoms. The Morgan fingerprint density at radius 2 is 1.67 bits per heavy atom. The van der Waals surface area contributed by atoms with Crippen LogP contribution in [0.3, 0.4) is 0 Å². The van der Waals surface area contributed by atoms with Gasteiger partial charge in [-0.25, -0.2) is 9.36 Å². The van der Waals surface area contributed by atoms with Crippen LogP contribution in [-0.4, -0.2) is 28.1 Å². The number of hydrogen-bond donors (Lipinski definition) is 1. The van der Waals surface area contributed by atoms with Gasteiger partial charge in [0.25, 0.3) is 5.56 Å². The predicted octanol–water partition coefficient (Wildman–Crippen LogP) is 4.01. The summed E-state index contributed by atoms with van der Waals surface area (Å²) >= 11 is 1.33. The number of carbonyl (C=O) groups is 1. The number of nitrogens with zero attached hydrogens (tertiary/aromatic N) is 3. The van der Waals surface area contributed by atoms with Crippen LogP contribution < -0.4 is 21.5 Å². The Morgan fingerprint density at radius 1 is 1.00 bits per heavy atom. The third kappa shape index (κ3) is 4.47. The van der Waals surface area contributed by atoms with Crippen LogP contribution in [0.5, 0.6) is 0 Å². The normalized spacial score (nSPS) is 11.0. The van der Waals surface area contributed by atoms with E-state index in [9.17, 15) is 14.4 Å². The number of anilines is 2. The van der Waals surface area contributed by atoms with Crippen LogP contribution in [0.2, 0.25) is 0 Å². The molecule has 2 heterocycles. The maximum atomic E-state index is 13.3. The summed E-state index contributed by atoms with van der Waals surface area (Å²) in [4.78, 5) is 42.9. The molecule has 0 atom stereocenters. The van der Waals surface area contributed by atoms with E-state index < -0.39 is 5.69 Å². The minimum Gasteiger partial charge on any atom is -0.372 e. The van der Waals surface area contributed by atoms with Crippen LogP contribution in [0.25, 0.3) is 15.9 Å². The van der Waals surface area contributed by atoms with Crippen LogP contribution in [0, 0.1) is 6.92 Å². The van der Waals surface area contributed by atoms with Crippen molar-refractivity contribution in [2.45, 2.75) is 27.3 Å². The van der Waals surface area contributed by atoms with Crippen molar-refractivity contribution in [3.8, 4) is 5.69 Å². The summed E-state index contributed by atoms with van der Waals surface area (Å²) in [5, 5.41) is 3.29. The highest BCUT2D eigenvalue weighted by atomic mass is 32.1. The maximum Gasteiger partial charge on any atom is 0.337 e. The van der Waals surface area contributed by atoms with E-state index in [-0.39, 0.29) is 18.0 Å². The largest absolute Gasteiger partial charge is 0.372 e. The first-order chi connectivity index (χ1) is 15.9. The molecule has 0 radical (unpaired) electrons. The number of fused-ring (bicyclic) bond motifs is 1. The van der Waals surface area contributed by atoms with Gasteiger partial charge in [0.15, 0.2) is 0 Å². The molecule has 0 unspecified atom stereocenters. The van der Waals surface area contributed by atoms with Gasteiger partial charge in [-0.2, -0.15) is 0 Å². The molecule has 0 bridgehead atoms. The summed E-state index contributed by atoms with van der Waals surface area (Å²) in [7, 11) is 0. The molecule has 170 valence electrons. The molecule has 33 heavy (non-hydrogen) atoms. The number of aryl methyl sites for hydroxylation is 1. The molecule has 7 nitrogen and oxygen atoms in total.